The maximum absolute atomic E-state index is 12.1. The summed E-state index contributed by atoms with van der Waals surface area (Å²) in [5.41, 5.74) is 2.53. The maximum Gasteiger partial charge on any atom is 0.317 e. The van der Waals surface area contributed by atoms with Gasteiger partial charge in [0.2, 0.25) is 0 Å². The molecule has 4 nitrogen and oxygen atoms in total. The standard InChI is InChI=1S/C16H25N3O/c1-4-14(3)17-16(20)19-11-9-18(10-12-19)15-7-5-13(2)6-8-15/h5-8,14H,4,9-12H2,1-3H3,(H,17,20). The van der Waals surface area contributed by atoms with Gasteiger partial charge in [0.1, 0.15) is 0 Å². The third-order valence-electron chi connectivity index (χ3n) is 3.95. The van der Waals surface area contributed by atoms with Crippen molar-refractivity contribution in [2.45, 2.75) is 33.2 Å². The Kier molecular flexibility index (Phi) is 4.88. The first kappa shape index (κ1) is 14.7. The van der Waals surface area contributed by atoms with E-state index in [1.54, 1.807) is 0 Å². The van der Waals surface area contributed by atoms with E-state index in [-0.39, 0.29) is 12.1 Å². The summed E-state index contributed by atoms with van der Waals surface area (Å²) in [7, 11) is 0. The number of nitrogens with zero attached hydrogens (tertiary/aromatic N) is 2. The van der Waals surface area contributed by atoms with Crippen LogP contribution in [-0.4, -0.2) is 43.2 Å². The lowest BCUT2D eigenvalue weighted by atomic mass is 10.2. The van der Waals surface area contributed by atoms with Crippen LogP contribution < -0.4 is 10.2 Å². The van der Waals surface area contributed by atoms with Crippen molar-refractivity contribution in [1.29, 1.82) is 0 Å². The van der Waals surface area contributed by atoms with Gasteiger partial charge in [0.05, 0.1) is 0 Å². The molecular formula is C16H25N3O. The molecule has 0 spiro atoms. The minimum Gasteiger partial charge on any atom is -0.368 e. The van der Waals surface area contributed by atoms with E-state index in [0.29, 0.717) is 0 Å². The van der Waals surface area contributed by atoms with E-state index in [1.165, 1.54) is 11.3 Å². The number of anilines is 1. The second-order valence-electron chi connectivity index (χ2n) is 5.57. The lowest BCUT2D eigenvalue weighted by Crippen LogP contribution is -2.53. The molecule has 2 rings (SSSR count). The lowest BCUT2D eigenvalue weighted by molar-refractivity contribution is 0.191. The Morgan fingerprint density at radius 2 is 1.80 bits per heavy atom. The second kappa shape index (κ2) is 6.64. The monoisotopic (exact) mass is 275 g/mol. The predicted molar refractivity (Wildman–Crippen MR) is 83.2 cm³/mol. The molecule has 1 aliphatic rings. The van der Waals surface area contributed by atoms with E-state index in [1.807, 2.05) is 11.8 Å². The van der Waals surface area contributed by atoms with Crippen molar-refractivity contribution in [3.63, 3.8) is 0 Å². The van der Waals surface area contributed by atoms with Gasteiger partial charge in [0.25, 0.3) is 0 Å². The molecule has 0 aliphatic carbocycles. The first-order valence-electron chi connectivity index (χ1n) is 7.47. The van der Waals surface area contributed by atoms with E-state index in [4.69, 9.17) is 0 Å². The summed E-state index contributed by atoms with van der Waals surface area (Å²) < 4.78 is 0. The number of rotatable bonds is 3. The Hall–Kier alpha value is -1.71. The van der Waals surface area contributed by atoms with Crippen LogP contribution in [0.2, 0.25) is 0 Å². The van der Waals surface area contributed by atoms with E-state index >= 15 is 0 Å². The molecule has 1 N–H and O–H groups in total. The normalized spacial score (nSPS) is 16.9. The molecule has 1 fully saturated rings. The molecule has 0 saturated carbocycles. The largest absolute Gasteiger partial charge is 0.368 e. The smallest absolute Gasteiger partial charge is 0.317 e. The quantitative estimate of drug-likeness (QED) is 0.920. The first-order valence-corrected chi connectivity index (χ1v) is 7.47. The summed E-state index contributed by atoms with van der Waals surface area (Å²) in [5, 5.41) is 3.03. The van der Waals surface area contributed by atoms with Crippen molar-refractivity contribution in [3.8, 4) is 0 Å². The van der Waals surface area contributed by atoms with Crippen molar-refractivity contribution < 1.29 is 4.79 Å². The molecule has 0 bridgehead atoms. The first-order chi connectivity index (χ1) is 9.60. The highest BCUT2D eigenvalue weighted by Crippen LogP contribution is 2.17. The minimum atomic E-state index is 0.0721. The Bertz CT molecular complexity index is 436. The molecule has 0 aromatic heterocycles. The number of hydrogen-bond donors (Lipinski definition) is 1. The van der Waals surface area contributed by atoms with Crippen LogP contribution in [0, 0.1) is 6.92 Å². The Labute approximate surface area is 121 Å². The zero-order valence-electron chi connectivity index (χ0n) is 12.7. The summed E-state index contributed by atoms with van der Waals surface area (Å²) in [5.74, 6) is 0. The zero-order valence-corrected chi connectivity index (χ0v) is 12.7. The second-order valence-corrected chi connectivity index (χ2v) is 5.57. The molecule has 1 unspecified atom stereocenters. The summed E-state index contributed by atoms with van der Waals surface area (Å²) in [6.07, 6.45) is 0.967. The third kappa shape index (κ3) is 3.65. The molecule has 1 atom stereocenters. The topological polar surface area (TPSA) is 35.6 Å². The zero-order chi connectivity index (χ0) is 14.5. The van der Waals surface area contributed by atoms with Crippen LogP contribution in [0.25, 0.3) is 0 Å². The van der Waals surface area contributed by atoms with Crippen LogP contribution in [0.15, 0.2) is 24.3 Å². The maximum atomic E-state index is 12.1. The SMILES string of the molecule is CCC(C)NC(=O)N1CCN(c2ccc(C)cc2)CC1. The van der Waals surface area contributed by atoms with Crippen molar-refractivity contribution in [2.75, 3.05) is 31.1 Å². The Morgan fingerprint density at radius 1 is 1.20 bits per heavy atom. The van der Waals surface area contributed by atoms with E-state index in [2.05, 4.69) is 48.3 Å². The van der Waals surface area contributed by atoms with E-state index in [0.717, 1.165) is 32.6 Å². The molecule has 1 saturated heterocycles. The van der Waals surface area contributed by atoms with Crippen LogP contribution in [-0.2, 0) is 0 Å². The molecule has 1 aromatic rings. The third-order valence-corrected chi connectivity index (χ3v) is 3.95. The highest BCUT2D eigenvalue weighted by atomic mass is 16.2. The van der Waals surface area contributed by atoms with Crippen LogP contribution in [0.4, 0.5) is 10.5 Å². The van der Waals surface area contributed by atoms with Gasteiger partial charge in [-0.3, -0.25) is 0 Å². The van der Waals surface area contributed by atoms with Crippen molar-refractivity contribution >= 4 is 11.7 Å². The predicted octanol–water partition coefficient (Wildman–Crippen LogP) is 2.63. The van der Waals surface area contributed by atoms with Crippen molar-refractivity contribution in [1.82, 2.24) is 10.2 Å². The number of carbonyl (C=O) groups is 1. The number of carbonyl (C=O) groups excluding carboxylic acids is 1. The average Bonchev–Trinajstić information content (AvgIpc) is 2.48. The summed E-state index contributed by atoms with van der Waals surface area (Å²) >= 11 is 0. The molecule has 110 valence electrons. The fraction of sp³-hybridized carbons (Fsp3) is 0.562. The molecule has 20 heavy (non-hydrogen) atoms. The van der Waals surface area contributed by atoms with E-state index in [9.17, 15) is 4.79 Å². The number of piperazine rings is 1. The molecule has 4 heteroatoms. The van der Waals surface area contributed by atoms with Gasteiger partial charge in [0, 0.05) is 37.9 Å². The summed E-state index contributed by atoms with van der Waals surface area (Å²) in [6, 6.07) is 8.91. The van der Waals surface area contributed by atoms with Gasteiger partial charge in [-0.05, 0) is 32.4 Å². The molecule has 2 amide bonds. The fourth-order valence-corrected chi connectivity index (χ4v) is 2.33. The highest BCUT2D eigenvalue weighted by Gasteiger charge is 2.21. The van der Waals surface area contributed by atoms with Gasteiger partial charge in [-0.2, -0.15) is 0 Å². The highest BCUT2D eigenvalue weighted by molar-refractivity contribution is 5.74. The van der Waals surface area contributed by atoms with Crippen molar-refractivity contribution in [3.05, 3.63) is 29.8 Å². The van der Waals surface area contributed by atoms with Crippen LogP contribution in [0.3, 0.4) is 0 Å². The van der Waals surface area contributed by atoms with Gasteiger partial charge in [-0.25, -0.2) is 4.79 Å². The lowest BCUT2D eigenvalue weighted by Gasteiger charge is -2.36. The number of urea groups is 1. The molecule has 0 radical (unpaired) electrons. The Morgan fingerprint density at radius 3 is 2.35 bits per heavy atom. The van der Waals surface area contributed by atoms with Crippen LogP contribution in [0.1, 0.15) is 25.8 Å². The van der Waals surface area contributed by atoms with Gasteiger partial charge < -0.3 is 15.1 Å². The number of benzene rings is 1. The molecule has 1 heterocycles. The van der Waals surface area contributed by atoms with Gasteiger partial charge in [-0.15, -0.1) is 0 Å². The molecule has 1 aromatic carbocycles. The number of nitrogens with one attached hydrogen (secondary N) is 1. The molecule has 1 aliphatic heterocycles. The van der Waals surface area contributed by atoms with Gasteiger partial charge >= 0.3 is 6.03 Å². The van der Waals surface area contributed by atoms with E-state index < -0.39 is 0 Å². The van der Waals surface area contributed by atoms with Gasteiger partial charge in [0.15, 0.2) is 0 Å². The number of amides is 2. The minimum absolute atomic E-state index is 0.0721. The summed E-state index contributed by atoms with van der Waals surface area (Å²) in [4.78, 5) is 16.3. The summed E-state index contributed by atoms with van der Waals surface area (Å²) in [6.45, 7) is 9.60. The van der Waals surface area contributed by atoms with Crippen molar-refractivity contribution in [2.24, 2.45) is 0 Å². The van der Waals surface area contributed by atoms with Gasteiger partial charge in [-0.1, -0.05) is 24.6 Å². The number of hydrogen-bond acceptors (Lipinski definition) is 2. The number of aryl methyl sites for hydroxylation is 1. The van der Waals surface area contributed by atoms with Crippen LogP contribution in [0.5, 0.6) is 0 Å². The fourth-order valence-electron chi connectivity index (χ4n) is 2.33. The van der Waals surface area contributed by atoms with Crippen LogP contribution >= 0.6 is 0 Å². The molecular weight excluding hydrogens is 250 g/mol. The average molecular weight is 275 g/mol. The Balaban J connectivity index is 1.86.